The maximum Gasteiger partial charge on any atom is 0.416 e. The third-order valence-corrected chi connectivity index (χ3v) is 5.06. The molecule has 0 spiro atoms. The zero-order valence-corrected chi connectivity index (χ0v) is 16.3. The number of nitrogens with zero attached hydrogens (tertiary/aromatic N) is 4. The molecule has 0 aliphatic carbocycles. The summed E-state index contributed by atoms with van der Waals surface area (Å²) in [5.41, 5.74) is 2.23. The van der Waals surface area contributed by atoms with Gasteiger partial charge in [0.2, 0.25) is 0 Å². The van der Waals surface area contributed by atoms with E-state index in [4.69, 9.17) is 4.74 Å². The van der Waals surface area contributed by atoms with Gasteiger partial charge < -0.3 is 9.64 Å². The summed E-state index contributed by atoms with van der Waals surface area (Å²) in [6, 6.07) is 7.95. The Morgan fingerprint density at radius 2 is 1.90 bits per heavy atom. The molecule has 1 amide bonds. The highest BCUT2D eigenvalue weighted by atomic mass is 19.4. The number of anilines is 1. The van der Waals surface area contributed by atoms with Gasteiger partial charge in [0.15, 0.2) is 0 Å². The molecule has 2 aromatic heterocycles. The molecule has 0 N–H and O–H groups in total. The van der Waals surface area contributed by atoms with Crippen molar-refractivity contribution >= 4 is 11.6 Å². The van der Waals surface area contributed by atoms with Crippen LogP contribution in [0.2, 0.25) is 0 Å². The van der Waals surface area contributed by atoms with Crippen molar-refractivity contribution in [3.05, 3.63) is 65.7 Å². The van der Waals surface area contributed by atoms with Crippen LogP contribution < -0.4 is 4.90 Å². The molecule has 0 radical (unpaired) electrons. The van der Waals surface area contributed by atoms with Crippen molar-refractivity contribution < 1.29 is 22.7 Å². The molecule has 1 atom stereocenters. The second-order valence-corrected chi connectivity index (χ2v) is 7.11. The van der Waals surface area contributed by atoms with E-state index in [-0.39, 0.29) is 25.9 Å². The van der Waals surface area contributed by atoms with Gasteiger partial charge in [-0.3, -0.25) is 14.5 Å². The van der Waals surface area contributed by atoms with Crippen molar-refractivity contribution in [1.29, 1.82) is 0 Å². The van der Waals surface area contributed by atoms with Gasteiger partial charge in [0.25, 0.3) is 5.91 Å². The number of aryl methyl sites for hydroxylation is 1. The molecule has 3 aromatic rings. The van der Waals surface area contributed by atoms with Gasteiger partial charge in [-0.1, -0.05) is 7.43 Å². The quantitative estimate of drug-likeness (QED) is 0.597. The van der Waals surface area contributed by atoms with Crippen LogP contribution in [0.4, 0.5) is 18.9 Å². The Balaban J connectivity index is 0.00000272. The second kappa shape index (κ2) is 8.50. The summed E-state index contributed by atoms with van der Waals surface area (Å²) in [6.45, 7) is 2.39. The van der Waals surface area contributed by atoms with E-state index in [0.29, 0.717) is 23.6 Å². The Kier molecular flexibility index (Phi) is 6.17. The number of hydrogen-bond donors (Lipinski definition) is 0. The van der Waals surface area contributed by atoms with Crippen LogP contribution in [0.15, 0.2) is 48.8 Å². The Bertz CT molecular complexity index is 1080. The predicted octanol–water partition coefficient (Wildman–Crippen LogP) is 4.76. The average Bonchev–Trinajstić information content (AvgIpc) is 3.16. The van der Waals surface area contributed by atoms with E-state index in [2.05, 4.69) is 10.1 Å². The van der Waals surface area contributed by atoms with Gasteiger partial charge >= 0.3 is 6.18 Å². The minimum absolute atomic E-state index is 0. The van der Waals surface area contributed by atoms with Gasteiger partial charge in [0, 0.05) is 30.3 Å². The molecule has 3 heterocycles. The van der Waals surface area contributed by atoms with E-state index in [1.807, 2.05) is 13.0 Å². The van der Waals surface area contributed by atoms with Crippen LogP contribution in [0, 0.1) is 6.92 Å². The highest BCUT2D eigenvalue weighted by molar-refractivity contribution is 6.09. The number of carbonyl (C=O) groups excluding carboxylic acids is 1. The molecule has 0 bridgehead atoms. The number of hydrogen-bond acceptors (Lipinski definition) is 4. The number of pyridine rings is 1. The number of amides is 1. The number of methoxy groups -OCH3 is 1. The summed E-state index contributed by atoms with van der Waals surface area (Å²) in [7, 11) is 1.55. The lowest BCUT2D eigenvalue weighted by molar-refractivity contribution is -0.137. The normalized spacial score (nSPS) is 16.1. The van der Waals surface area contributed by atoms with Crippen LogP contribution in [0.25, 0.3) is 11.1 Å². The van der Waals surface area contributed by atoms with Crippen molar-refractivity contribution in [2.45, 2.75) is 26.6 Å². The number of alkyl halides is 3. The first-order valence-electron chi connectivity index (χ1n) is 9.28. The second-order valence-electron chi connectivity index (χ2n) is 7.11. The lowest BCUT2D eigenvalue weighted by Crippen LogP contribution is -2.45. The van der Waals surface area contributed by atoms with E-state index in [1.54, 1.807) is 30.3 Å². The molecule has 6 nitrogen and oxygen atoms in total. The Morgan fingerprint density at radius 3 is 2.52 bits per heavy atom. The van der Waals surface area contributed by atoms with Crippen molar-refractivity contribution in [2.75, 3.05) is 25.2 Å². The Labute approximate surface area is 178 Å². The first kappa shape index (κ1) is 22.5. The summed E-state index contributed by atoms with van der Waals surface area (Å²) in [5.74, 6) is -0.330. The molecule has 0 fully saturated rings. The van der Waals surface area contributed by atoms with Crippen LogP contribution >= 0.6 is 0 Å². The molecule has 164 valence electrons. The molecule has 1 unspecified atom stereocenters. The molecule has 0 saturated heterocycles. The molecule has 4 rings (SSSR count). The third kappa shape index (κ3) is 4.18. The monoisotopic (exact) mass is 432 g/mol. The van der Waals surface area contributed by atoms with Crippen LogP contribution in [0.3, 0.4) is 0 Å². The van der Waals surface area contributed by atoms with Gasteiger partial charge in [0.1, 0.15) is 5.69 Å². The predicted molar refractivity (Wildman–Crippen MR) is 111 cm³/mol. The van der Waals surface area contributed by atoms with Gasteiger partial charge in [-0.25, -0.2) is 0 Å². The highest BCUT2D eigenvalue weighted by Gasteiger charge is 2.36. The van der Waals surface area contributed by atoms with Gasteiger partial charge in [0.05, 0.1) is 31.0 Å². The third-order valence-electron chi connectivity index (χ3n) is 5.06. The fourth-order valence-electron chi connectivity index (χ4n) is 3.64. The smallest absolute Gasteiger partial charge is 0.382 e. The zero-order valence-electron chi connectivity index (χ0n) is 16.3. The fourth-order valence-corrected chi connectivity index (χ4v) is 3.64. The molecule has 1 aliphatic heterocycles. The minimum Gasteiger partial charge on any atom is -0.382 e. The van der Waals surface area contributed by atoms with Gasteiger partial charge in [-0.2, -0.15) is 18.3 Å². The summed E-state index contributed by atoms with van der Waals surface area (Å²) in [6.07, 6.45) is -1.16. The lowest BCUT2D eigenvalue weighted by atomic mass is 10.0. The maximum atomic E-state index is 13.4. The van der Waals surface area contributed by atoms with E-state index in [0.717, 1.165) is 23.4 Å². The van der Waals surface area contributed by atoms with Crippen LogP contribution in [-0.2, 0) is 10.9 Å². The number of aromatic nitrogens is 3. The summed E-state index contributed by atoms with van der Waals surface area (Å²) >= 11 is 0. The maximum absolute atomic E-state index is 13.4. The number of carbonyl (C=O) groups is 1. The largest absolute Gasteiger partial charge is 0.416 e. The minimum atomic E-state index is -4.44. The lowest BCUT2D eigenvalue weighted by Gasteiger charge is -2.34. The number of ether oxygens (including phenoxy) is 1. The molecule has 0 saturated carbocycles. The fraction of sp³-hybridized carbons (Fsp3) is 0.318. The summed E-state index contributed by atoms with van der Waals surface area (Å²) < 4.78 is 45.7. The summed E-state index contributed by atoms with van der Waals surface area (Å²) in [5, 5.41) is 4.41. The SMILES string of the molecule is C.COCC1CN(c2ccc(C(F)(F)F)cc2)C(=O)c2c(-c3ccnc(C)c3)cnn21. The number of benzene rings is 1. The van der Waals surface area contributed by atoms with Crippen molar-refractivity contribution in [1.82, 2.24) is 14.8 Å². The highest BCUT2D eigenvalue weighted by Crippen LogP contribution is 2.35. The number of halogens is 3. The van der Waals surface area contributed by atoms with Crippen LogP contribution in [-0.4, -0.2) is 40.9 Å². The first-order valence-corrected chi connectivity index (χ1v) is 9.28. The standard InChI is InChI=1S/C21H19F3N4O2.CH4/c1-13-9-14(7-8-25-13)18-10-26-28-17(12-30-2)11-27(20(29)19(18)28)16-5-3-15(4-6-16)21(22,23)24;/h3-10,17H,11-12H2,1-2H3;1H4. The zero-order chi connectivity index (χ0) is 21.5. The molecule has 31 heavy (non-hydrogen) atoms. The van der Waals surface area contributed by atoms with E-state index in [9.17, 15) is 18.0 Å². The van der Waals surface area contributed by atoms with Crippen molar-refractivity contribution in [3.8, 4) is 11.1 Å². The van der Waals surface area contributed by atoms with E-state index in [1.165, 1.54) is 17.0 Å². The average molecular weight is 432 g/mol. The molecule has 1 aromatic carbocycles. The Morgan fingerprint density at radius 1 is 1.19 bits per heavy atom. The summed E-state index contributed by atoms with van der Waals surface area (Å²) in [4.78, 5) is 19.0. The molecular weight excluding hydrogens is 409 g/mol. The van der Waals surface area contributed by atoms with Crippen molar-refractivity contribution in [3.63, 3.8) is 0 Å². The van der Waals surface area contributed by atoms with Gasteiger partial charge in [-0.15, -0.1) is 0 Å². The topological polar surface area (TPSA) is 60.2 Å². The molecule has 9 heteroatoms. The Hall–Kier alpha value is -3.20. The number of rotatable bonds is 4. The van der Waals surface area contributed by atoms with E-state index < -0.39 is 11.7 Å². The first-order chi connectivity index (χ1) is 14.3. The number of fused-ring (bicyclic) bond motifs is 1. The van der Waals surface area contributed by atoms with Crippen LogP contribution in [0.1, 0.15) is 35.2 Å². The molecular formula is C22H23F3N4O2. The van der Waals surface area contributed by atoms with Crippen molar-refractivity contribution in [2.24, 2.45) is 0 Å². The van der Waals surface area contributed by atoms with Crippen LogP contribution in [0.5, 0.6) is 0 Å². The molecule has 1 aliphatic rings. The van der Waals surface area contributed by atoms with Gasteiger partial charge in [-0.05, 0) is 48.9 Å². The van der Waals surface area contributed by atoms with E-state index >= 15 is 0 Å².